The van der Waals surface area contributed by atoms with E-state index in [1.165, 1.54) is 5.56 Å². The lowest BCUT2D eigenvalue weighted by Crippen LogP contribution is -2.21. The Labute approximate surface area is 119 Å². The largest absolute Gasteiger partial charge is 0.338 e. The van der Waals surface area contributed by atoms with Crippen molar-refractivity contribution in [1.29, 1.82) is 0 Å². The number of halogens is 1. The molecule has 0 unspecified atom stereocenters. The van der Waals surface area contributed by atoms with Gasteiger partial charge in [0.2, 0.25) is 0 Å². The molecule has 3 nitrogen and oxygen atoms in total. The van der Waals surface area contributed by atoms with Crippen molar-refractivity contribution in [2.75, 3.05) is 0 Å². The van der Waals surface area contributed by atoms with E-state index in [0.29, 0.717) is 6.04 Å². The van der Waals surface area contributed by atoms with E-state index in [0.717, 1.165) is 29.4 Å². The second-order valence-corrected chi connectivity index (χ2v) is 5.50. The van der Waals surface area contributed by atoms with E-state index in [1.807, 2.05) is 30.1 Å². The first kappa shape index (κ1) is 14.1. The first-order valence-electron chi connectivity index (χ1n) is 6.53. The molecule has 0 fully saturated rings. The molecule has 19 heavy (non-hydrogen) atoms. The van der Waals surface area contributed by atoms with Crippen molar-refractivity contribution in [2.45, 2.75) is 32.9 Å². The maximum absolute atomic E-state index is 6.33. The van der Waals surface area contributed by atoms with Gasteiger partial charge in [-0.15, -0.1) is 0 Å². The smallest absolute Gasteiger partial charge is 0.112 e. The number of aryl methyl sites for hydroxylation is 1. The third kappa shape index (κ3) is 3.82. The highest BCUT2D eigenvalue weighted by atomic mass is 35.5. The van der Waals surface area contributed by atoms with Crippen molar-refractivity contribution in [3.05, 3.63) is 52.6 Å². The van der Waals surface area contributed by atoms with Crippen LogP contribution in [0.5, 0.6) is 0 Å². The van der Waals surface area contributed by atoms with Crippen molar-refractivity contribution in [2.24, 2.45) is 7.05 Å². The van der Waals surface area contributed by atoms with Crippen LogP contribution in [0.1, 0.15) is 30.8 Å². The number of nitrogens with zero attached hydrogens (tertiary/aromatic N) is 2. The predicted octanol–water partition coefficient (Wildman–Crippen LogP) is 3.16. The molecule has 2 aromatic rings. The molecule has 4 heteroatoms. The third-order valence-corrected chi connectivity index (χ3v) is 3.45. The minimum atomic E-state index is 0.461. The number of hydrogen-bond acceptors (Lipinski definition) is 2. The molecular formula is C15H20ClN3. The summed E-state index contributed by atoms with van der Waals surface area (Å²) in [5.41, 5.74) is 2.33. The van der Waals surface area contributed by atoms with E-state index >= 15 is 0 Å². The Balaban J connectivity index is 2.08. The fourth-order valence-corrected chi connectivity index (χ4v) is 2.18. The topological polar surface area (TPSA) is 29.9 Å². The summed E-state index contributed by atoms with van der Waals surface area (Å²) in [6, 6.07) is 6.71. The SMILES string of the molecule is CC(C)NCc1ccc(Cc2nccn2C)cc1Cl. The predicted molar refractivity (Wildman–Crippen MR) is 79.4 cm³/mol. The zero-order chi connectivity index (χ0) is 13.8. The van der Waals surface area contributed by atoms with Gasteiger partial charge in [0.15, 0.2) is 0 Å². The van der Waals surface area contributed by atoms with Crippen LogP contribution in [0, 0.1) is 0 Å². The summed E-state index contributed by atoms with van der Waals surface area (Å²) in [6.45, 7) is 5.06. The zero-order valence-corrected chi connectivity index (χ0v) is 12.4. The lowest BCUT2D eigenvalue weighted by atomic mass is 10.1. The summed E-state index contributed by atoms with van der Waals surface area (Å²) >= 11 is 6.33. The van der Waals surface area contributed by atoms with Crippen LogP contribution >= 0.6 is 11.6 Å². The van der Waals surface area contributed by atoms with Crippen LogP contribution < -0.4 is 5.32 Å². The average Bonchev–Trinajstić information content (AvgIpc) is 2.74. The Morgan fingerprint density at radius 3 is 2.74 bits per heavy atom. The zero-order valence-electron chi connectivity index (χ0n) is 11.7. The lowest BCUT2D eigenvalue weighted by Gasteiger charge is -2.11. The summed E-state index contributed by atoms with van der Waals surface area (Å²) in [7, 11) is 2.00. The Morgan fingerprint density at radius 1 is 1.37 bits per heavy atom. The minimum Gasteiger partial charge on any atom is -0.338 e. The van der Waals surface area contributed by atoms with Crippen molar-refractivity contribution in [1.82, 2.24) is 14.9 Å². The summed E-state index contributed by atoms with van der Waals surface area (Å²) in [4.78, 5) is 4.33. The Hall–Kier alpha value is -1.32. The standard InChI is InChI=1S/C15H20ClN3/c1-11(2)18-10-13-5-4-12(8-14(13)16)9-15-17-6-7-19(15)3/h4-8,11,18H,9-10H2,1-3H3. The highest BCUT2D eigenvalue weighted by Crippen LogP contribution is 2.19. The van der Waals surface area contributed by atoms with E-state index in [-0.39, 0.29) is 0 Å². The molecule has 0 aliphatic rings. The molecule has 102 valence electrons. The number of imidazole rings is 1. The quantitative estimate of drug-likeness (QED) is 0.910. The van der Waals surface area contributed by atoms with E-state index < -0.39 is 0 Å². The normalized spacial score (nSPS) is 11.2. The minimum absolute atomic E-state index is 0.461. The van der Waals surface area contributed by atoms with Crippen LogP contribution in [-0.4, -0.2) is 15.6 Å². The van der Waals surface area contributed by atoms with Crippen LogP contribution in [0.4, 0.5) is 0 Å². The fourth-order valence-electron chi connectivity index (χ4n) is 1.91. The van der Waals surface area contributed by atoms with Gasteiger partial charge in [-0.1, -0.05) is 37.6 Å². The Kier molecular flexibility index (Phi) is 4.61. The van der Waals surface area contributed by atoms with E-state index in [9.17, 15) is 0 Å². The van der Waals surface area contributed by atoms with E-state index in [4.69, 9.17) is 11.6 Å². The molecule has 2 rings (SSSR count). The first-order valence-corrected chi connectivity index (χ1v) is 6.91. The molecule has 0 spiro atoms. The van der Waals surface area contributed by atoms with Gasteiger partial charge in [0.05, 0.1) is 0 Å². The number of rotatable bonds is 5. The molecule has 1 aromatic carbocycles. The highest BCUT2D eigenvalue weighted by Gasteiger charge is 2.05. The summed E-state index contributed by atoms with van der Waals surface area (Å²) in [5, 5.41) is 4.20. The molecule has 1 aromatic heterocycles. The number of benzene rings is 1. The van der Waals surface area contributed by atoms with E-state index in [1.54, 1.807) is 0 Å². The Bertz CT molecular complexity index is 546. The van der Waals surface area contributed by atoms with Gasteiger partial charge in [0.25, 0.3) is 0 Å². The van der Waals surface area contributed by atoms with Gasteiger partial charge in [-0.3, -0.25) is 0 Å². The maximum Gasteiger partial charge on any atom is 0.112 e. The van der Waals surface area contributed by atoms with Crippen LogP contribution in [0.3, 0.4) is 0 Å². The van der Waals surface area contributed by atoms with Crippen LogP contribution in [0.15, 0.2) is 30.6 Å². The summed E-state index contributed by atoms with van der Waals surface area (Å²) in [5.74, 6) is 1.05. The first-order chi connectivity index (χ1) is 9.06. The molecule has 1 heterocycles. The van der Waals surface area contributed by atoms with Crippen LogP contribution in [-0.2, 0) is 20.0 Å². The molecule has 0 saturated heterocycles. The van der Waals surface area contributed by atoms with Crippen LogP contribution in [0.2, 0.25) is 5.02 Å². The molecule has 0 radical (unpaired) electrons. The second-order valence-electron chi connectivity index (χ2n) is 5.09. The van der Waals surface area contributed by atoms with Crippen molar-refractivity contribution < 1.29 is 0 Å². The molecule has 0 saturated carbocycles. The van der Waals surface area contributed by atoms with Gasteiger partial charge >= 0.3 is 0 Å². The van der Waals surface area contributed by atoms with Crippen molar-refractivity contribution >= 4 is 11.6 Å². The van der Waals surface area contributed by atoms with Gasteiger partial charge in [-0.25, -0.2) is 4.98 Å². The molecule has 0 aliphatic heterocycles. The van der Waals surface area contributed by atoms with Gasteiger partial charge in [-0.2, -0.15) is 0 Å². The number of hydrogen-bond donors (Lipinski definition) is 1. The monoisotopic (exact) mass is 277 g/mol. The molecule has 0 bridgehead atoms. The number of nitrogens with one attached hydrogen (secondary N) is 1. The average molecular weight is 278 g/mol. The maximum atomic E-state index is 6.33. The second kappa shape index (κ2) is 6.22. The Morgan fingerprint density at radius 2 is 2.16 bits per heavy atom. The van der Waals surface area contributed by atoms with Crippen molar-refractivity contribution in [3.8, 4) is 0 Å². The lowest BCUT2D eigenvalue weighted by molar-refractivity contribution is 0.589. The van der Waals surface area contributed by atoms with Gasteiger partial charge in [0, 0.05) is 43.5 Å². The van der Waals surface area contributed by atoms with E-state index in [2.05, 4.69) is 36.3 Å². The van der Waals surface area contributed by atoms with Gasteiger partial charge in [0.1, 0.15) is 5.82 Å². The molecular weight excluding hydrogens is 258 g/mol. The van der Waals surface area contributed by atoms with Crippen LogP contribution in [0.25, 0.3) is 0 Å². The highest BCUT2D eigenvalue weighted by molar-refractivity contribution is 6.31. The third-order valence-electron chi connectivity index (χ3n) is 3.10. The molecule has 1 N–H and O–H groups in total. The van der Waals surface area contributed by atoms with Gasteiger partial charge < -0.3 is 9.88 Å². The fraction of sp³-hybridized carbons (Fsp3) is 0.400. The molecule has 0 aliphatic carbocycles. The molecule has 0 atom stereocenters. The van der Waals surface area contributed by atoms with Gasteiger partial charge in [-0.05, 0) is 17.2 Å². The number of aromatic nitrogens is 2. The van der Waals surface area contributed by atoms with Crippen molar-refractivity contribution in [3.63, 3.8) is 0 Å². The summed E-state index contributed by atoms with van der Waals surface area (Å²) in [6.07, 6.45) is 4.58. The summed E-state index contributed by atoms with van der Waals surface area (Å²) < 4.78 is 2.03. The molecule has 0 amide bonds.